The third kappa shape index (κ3) is 13.6. The minimum absolute atomic E-state index is 0.00694. The Morgan fingerprint density at radius 1 is 0.778 bits per heavy atom. The Bertz CT molecular complexity index is 205. The lowest BCUT2D eigenvalue weighted by Gasteiger charge is -2.16. The zero-order chi connectivity index (χ0) is 15.1. The van der Waals surface area contributed by atoms with Crippen molar-refractivity contribution in [3.8, 4) is 0 Å². The predicted octanol–water partition coefficient (Wildman–Crippen LogP) is 5.62. The van der Waals surface area contributed by atoms with Crippen molar-refractivity contribution in [1.82, 2.24) is 0 Å². The molecule has 0 amide bonds. The first-order valence-corrected chi connectivity index (χ1v) is 5.81. The summed E-state index contributed by atoms with van der Waals surface area (Å²) >= 11 is 0. The molecule has 0 aromatic carbocycles. The summed E-state index contributed by atoms with van der Waals surface area (Å²) < 4.78 is 70.9. The van der Waals surface area contributed by atoms with Crippen LogP contribution < -0.4 is 0 Å². The van der Waals surface area contributed by atoms with Gasteiger partial charge in [-0.3, -0.25) is 0 Å². The number of alkyl halides is 6. The lowest BCUT2D eigenvalue weighted by Crippen LogP contribution is -2.28. The number of halogens is 6. The summed E-state index contributed by atoms with van der Waals surface area (Å²) in [6.45, 7) is 7.49. The van der Waals surface area contributed by atoms with Gasteiger partial charge in [0, 0.05) is 12.8 Å². The van der Waals surface area contributed by atoms with Gasteiger partial charge in [0.2, 0.25) is 5.92 Å². The Kier molecular flexibility index (Phi) is 8.73. The van der Waals surface area contributed by atoms with E-state index in [4.69, 9.17) is 0 Å². The van der Waals surface area contributed by atoms with E-state index in [0.29, 0.717) is 0 Å². The summed E-state index contributed by atoms with van der Waals surface area (Å²) in [6, 6.07) is 0. The highest BCUT2D eigenvalue weighted by atomic mass is 19.3. The van der Waals surface area contributed by atoms with Crippen molar-refractivity contribution in [2.45, 2.75) is 65.7 Å². The van der Waals surface area contributed by atoms with Crippen molar-refractivity contribution in [2.24, 2.45) is 11.8 Å². The minimum Gasteiger partial charge on any atom is -0.207 e. The van der Waals surface area contributed by atoms with Gasteiger partial charge < -0.3 is 0 Å². The van der Waals surface area contributed by atoms with Gasteiger partial charge in [-0.2, -0.15) is 0 Å². The lowest BCUT2D eigenvalue weighted by molar-refractivity contribution is -0.138. The van der Waals surface area contributed by atoms with Gasteiger partial charge >= 0.3 is 12.3 Å². The predicted molar refractivity (Wildman–Crippen MR) is 60.5 cm³/mol. The molecule has 0 nitrogen and oxygen atoms in total. The number of rotatable bonds is 5. The van der Waals surface area contributed by atoms with Crippen molar-refractivity contribution < 1.29 is 26.3 Å². The molecule has 0 heterocycles. The molecule has 0 atom stereocenters. The molecule has 6 heteroatoms. The largest absolute Gasteiger partial charge is 0.307 e. The lowest BCUT2D eigenvalue weighted by atomic mass is 10.1. The standard InChI is InChI=1S/C6H10F4.C6H12F2/c1-4(2)3-6(9,10)5(7)8;1-5(2)4-6(3,7)8/h4-5H,3H2,1-2H3;5H,4H2,1-3H3. The normalized spacial score (nSPS) is 13.0. The average molecular weight is 280 g/mol. The zero-order valence-corrected chi connectivity index (χ0v) is 11.4. The van der Waals surface area contributed by atoms with Gasteiger partial charge in [-0.25, -0.2) is 26.3 Å². The molecule has 0 fully saturated rings. The Labute approximate surface area is 105 Å². The fraction of sp³-hybridized carbons (Fsp3) is 1.00. The van der Waals surface area contributed by atoms with Crippen LogP contribution in [0.5, 0.6) is 0 Å². The first-order chi connectivity index (χ1) is 7.78. The SMILES string of the molecule is CC(C)CC(C)(F)F.CC(C)CC(F)(F)C(F)F. The molecule has 0 unspecified atom stereocenters. The van der Waals surface area contributed by atoms with Gasteiger partial charge in [0.1, 0.15) is 0 Å². The molecule has 0 radical (unpaired) electrons. The summed E-state index contributed by atoms with van der Waals surface area (Å²) in [6.07, 6.45) is -4.28. The van der Waals surface area contributed by atoms with Crippen LogP contribution in [0.2, 0.25) is 0 Å². The molecule has 0 spiro atoms. The second-order valence-corrected chi connectivity index (χ2v) is 5.33. The van der Waals surface area contributed by atoms with Gasteiger partial charge in [0.25, 0.3) is 0 Å². The molecule has 0 aliphatic heterocycles. The van der Waals surface area contributed by atoms with Crippen LogP contribution in [-0.4, -0.2) is 18.3 Å². The van der Waals surface area contributed by atoms with Crippen molar-refractivity contribution >= 4 is 0 Å². The Morgan fingerprint density at radius 3 is 1.17 bits per heavy atom. The van der Waals surface area contributed by atoms with E-state index in [2.05, 4.69) is 0 Å². The van der Waals surface area contributed by atoms with Crippen molar-refractivity contribution in [3.05, 3.63) is 0 Å². The maximum absolute atomic E-state index is 12.0. The van der Waals surface area contributed by atoms with Crippen LogP contribution in [0.25, 0.3) is 0 Å². The van der Waals surface area contributed by atoms with E-state index in [9.17, 15) is 26.3 Å². The second kappa shape index (κ2) is 7.89. The van der Waals surface area contributed by atoms with Crippen LogP contribution in [0.4, 0.5) is 26.3 Å². The van der Waals surface area contributed by atoms with Crippen molar-refractivity contribution in [2.75, 3.05) is 0 Å². The van der Waals surface area contributed by atoms with Crippen LogP contribution in [-0.2, 0) is 0 Å². The maximum Gasteiger partial charge on any atom is 0.307 e. The van der Waals surface area contributed by atoms with Gasteiger partial charge in [-0.05, 0) is 18.8 Å². The van der Waals surface area contributed by atoms with Crippen molar-refractivity contribution in [1.29, 1.82) is 0 Å². The summed E-state index contributed by atoms with van der Waals surface area (Å²) in [5.41, 5.74) is 0. The number of hydrogen-bond donors (Lipinski definition) is 0. The van der Waals surface area contributed by atoms with Crippen LogP contribution in [0.15, 0.2) is 0 Å². The van der Waals surface area contributed by atoms with E-state index in [1.165, 1.54) is 13.8 Å². The van der Waals surface area contributed by atoms with E-state index in [0.717, 1.165) is 6.92 Å². The van der Waals surface area contributed by atoms with Gasteiger partial charge in [-0.15, -0.1) is 0 Å². The molecule has 0 N–H and O–H groups in total. The highest BCUT2D eigenvalue weighted by molar-refractivity contribution is 4.70. The molecule has 0 aliphatic carbocycles. The van der Waals surface area contributed by atoms with Crippen LogP contribution in [0, 0.1) is 11.8 Å². The van der Waals surface area contributed by atoms with E-state index >= 15 is 0 Å². The molecule has 18 heavy (non-hydrogen) atoms. The Morgan fingerprint density at radius 2 is 1.11 bits per heavy atom. The van der Waals surface area contributed by atoms with Crippen LogP contribution in [0.3, 0.4) is 0 Å². The quantitative estimate of drug-likeness (QED) is 0.573. The first kappa shape index (κ1) is 19.9. The molecule has 0 aliphatic rings. The smallest absolute Gasteiger partial charge is 0.207 e. The fourth-order valence-electron chi connectivity index (χ4n) is 1.35. The second-order valence-electron chi connectivity index (χ2n) is 5.33. The Hall–Kier alpha value is -0.420. The summed E-state index contributed by atoms with van der Waals surface area (Å²) in [4.78, 5) is 0. The molecule has 0 aromatic rings. The summed E-state index contributed by atoms with van der Waals surface area (Å²) in [7, 11) is 0. The highest BCUT2D eigenvalue weighted by Gasteiger charge is 2.40. The van der Waals surface area contributed by atoms with Crippen molar-refractivity contribution in [3.63, 3.8) is 0 Å². The number of hydrogen-bond acceptors (Lipinski definition) is 0. The molecule has 0 saturated carbocycles. The van der Waals surface area contributed by atoms with E-state index in [1.807, 2.05) is 0 Å². The molecular formula is C12H22F6. The molecule has 0 bridgehead atoms. The average Bonchev–Trinajstić information content (AvgIpc) is 1.96. The van der Waals surface area contributed by atoms with E-state index in [-0.39, 0.29) is 12.3 Å². The topological polar surface area (TPSA) is 0 Å². The zero-order valence-electron chi connectivity index (χ0n) is 11.4. The first-order valence-electron chi connectivity index (χ1n) is 5.81. The molecular weight excluding hydrogens is 258 g/mol. The monoisotopic (exact) mass is 280 g/mol. The summed E-state index contributed by atoms with van der Waals surface area (Å²) in [5, 5.41) is 0. The third-order valence-corrected chi connectivity index (χ3v) is 1.77. The third-order valence-electron chi connectivity index (χ3n) is 1.77. The molecule has 0 saturated heterocycles. The molecule has 0 rings (SSSR count). The minimum atomic E-state index is -3.81. The van der Waals surface area contributed by atoms with Gasteiger partial charge in [0.05, 0.1) is 0 Å². The molecule has 112 valence electrons. The van der Waals surface area contributed by atoms with E-state index in [1.54, 1.807) is 13.8 Å². The highest BCUT2D eigenvalue weighted by Crippen LogP contribution is 2.29. The van der Waals surface area contributed by atoms with Crippen LogP contribution >= 0.6 is 0 Å². The molecule has 0 aromatic heterocycles. The van der Waals surface area contributed by atoms with E-state index < -0.39 is 30.6 Å². The fourth-order valence-corrected chi connectivity index (χ4v) is 1.35. The summed E-state index contributed by atoms with van der Waals surface area (Å²) in [5.74, 6) is -6.60. The van der Waals surface area contributed by atoms with Gasteiger partial charge in [-0.1, -0.05) is 27.7 Å². The van der Waals surface area contributed by atoms with Gasteiger partial charge in [0.15, 0.2) is 0 Å². The maximum atomic E-state index is 12.0. The van der Waals surface area contributed by atoms with Crippen LogP contribution in [0.1, 0.15) is 47.5 Å². The Balaban J connectivity index is 0.